The van der Waals surface area contributed by atoms with Crippen molar-refractivity contribution in [3.05, 3.63) is 94.4 Å². The van der Waals surface area contributed by atoms with E-state index in [9.17, 15) is 19.6 Å². The Morgan fingerprint density at radius 1 is 1.13 bits per heavy atom. The summed E-state index contributed by atoms with van der Waals surface area (Å²) in [6.07, 6.45) is 2.12. The van der Waals surface area contributed by atoms with E-state index in [1.54, 1.807) is 30.3 Å². The van der Waals surface area contributed by atoms with Crippen LogP contribution in [0.25, 0.3) is 16.6 Å². The van der Waals surface area contributed by atoms with Gasteiger partial charge in [-0.15, -0.1) is 0 Å². The third-order valence-corrected chi connectivity index (χ3v) is 6.91. The van der Waals surface area contributed by atoms with Crippen LogP contribution in [0.3, 0.4) is 0 Å². The smallest absolute Gasteiger partial charge is 0.335 e. The largest absolute Gasteiger partial charge is 0.478 e. The molecule has 2 heterocycles. The molecule has 0 aliphatic carbocycles. The predicted octanol–water partition coefficient (Wildman–Crippen LogP) is 5.81. The van der Waals surface area contributed by atoms with Crippen LogP contribution in [0.15, 0.2) is 60.7 Å². The Kier molecular flexibility index (Phi) is 7.40. The summed E-state index contributed by atoms with van der Waals surface area (Å²) in [5.41, 5.74) is 5.20. The van der Waals surface area contributed by atoms with Gasteiger partial charge in [-0.25, -0.2) is 9.18 Å². The highest BCUT2D eigenvalue weighted by Crippen LogP contribution is 2.43. The standard InChI is InChI=1S/C30H27FN2O5/c1-36-18-38-27-16-20(17-32)15-26-28(27)25(14-19-2-4-22(5-3-19)30(34)35)29(21-10-12-37-13-11-21)33(26)24-8-6-23(31)7-9-24/h2-9,15-16,21H,10-14,18H2,1H3,(H,34,35). The molecule has 1 aliphatic heterocycles. The van der Waals surface area contributed by atoms with E-state index >= 15 is 0 Å². The monoisotopic (exact) mass is 514 g/mol. The third-order valence-electron chi connectivity index (χ3n) is 6.91. The molecule has 3 aromatic carbocycles. The highest BCUT2D eigenvalue weighted by molar-refractivity contribution is 5.94. The number of carboxylic acid groups (broad SMARTS) is 1. The molecule has 7 nitrogen and oxygen atoms in total. The highest BCUT2D eigenvalue weighted by Gasteiger charge is 2.29. The zero-order valence-corrected chi connectivity index (χ0v) is 20.9. The molecule has 8 heteroatoms. The number of aromatic nitrogens is 1. The number of benzene rings is 3. The summed E-state index contributed by atoms with van der Waals surface area (Å²) in [5, 5.41) is 20.0. The number of aromatic carboxylic acids is 1. The molecule has 1 N–H and O–H groups in total. The Bertz CT molecular complexity index is 1500. The molecule has 0 spiro atoms. The summed E-state index contributed by atoms with van der Waals surface area (Å²) in [6, 6.07) is 18.9. The molecule has 4 aromatic rings. The SMILES string of the molecule is COCOc1cc(C#N)cc2c1c(Cc1ccc(C(=O)O)cc1)c(C1CCOCC1)n2-c1ccc(F)cc1. The minimum atomic E-state index is -0.980. The lowest BCUT2D eigenvalue weighted by Gasteiger charge is -2.26. The molecule has 38 heavy (non-hydrogen) atoms. The molecule has 0 atom stereocenters. The molecule has 0 saturated carbocycles. The van der Waals surface area contributed by atoms with Gasteiger partial charge in [-0.1, -0.05) is 12.1 Å². The second kappa shape index (κ2) is 11.1. The van der Waals surface area contributed by atoms with Gasteiger partial charge in [0.2, 0.25) is 0 Å². The number of carbonyl (C=O) groups is 1. The average molecular weight is 515 g/mol. The van der Waals surface area contributed by atoms with Crippen molar-refractivity contribution in [2.45, 2.75) is 25.2 Å². The molecule has 1 aromatic heterocycles. The number of hydrogen-bond donors (Lipinski definition) is 1. The maximum atomic E-state index is 13.9. The quantitative estimate of drug-likeness (QED) is 0.299. The molecule has 0 amide bonds. The summed E-state index contributed by atoms with van der Waals surface area (Å²) < 4.78 is 32.9. The number of nitriles is 1. The van der Waals surface area contributed by atoms with Crippen molar-refractivity contribution in [1.82, 2.24) is 4.57 Å². The van der Waals surface area contributed by atoms with Crippen molar-refractivity contribution in [3.63, 3.8) is 0 Å². The van der Waals surface area contributed by atoms with E-state index < -0.39 is 5.97 Å². The van der Waals surface area contributed by atoms with E-state index in [4.69, 9.17) is 14.2 Å². The minimum absolute atomic E-state index is 0.00502. The van der Waals surface area contributed by atoms with Crippen molar-refractivity contribution < 1.29 is 28.5 Å². The zero-order valence-electron chi connectivity index (χ0n) is 20.9. The Morgan fingerprint density at radius 3 is 2.47 bits per heavy atom. The number of rotatable bonds is 8. The van der Waals surface area contributed by atoms with Crippen LogP contribution in [0.1, 0.15) is 51.5 Å². The molecule has 0 bridgehead atoms. The summed E-state index contributed by atoms with van der Waals surface area (Å²) in [7, 11) is 1.54. The topological polar surface area (TPSA) is 93.7 Å². The van der Waals surface area contributed by atoms with Crippen LogP contribution >= 0.6 is 0 Å². The van der Waals surface area contributed by atoms with Crippen LogP contribution in [0.4, 0.5) is 4.39 Å². The maximum absolute atomic E-state index is 13.9. The fourth-order valence-electron chi connectivity index (χ4n) is 5.19. The van der Waals surface area contributed by atoms with Gasteiger partial charge < -0.3 is 23.9 Å². The van der Waals surface area contributed by atoms with E-state index in [0.29, 0.717) is 30.9 Å². The lowest BCUT2D eigenvalue weighted by Crippen LogP contribution is -2.18. The van der Waals surface area contributed by atoms with Crippen LogP contribution in [0, 0.1) is 17.1 Å². The van der Waals surface area contributed by atoms with Crippen LogP contribution < -0.4 is 4.74 Å². The van der Waals surface area contributed by atoms with Crippen LogP contribution in [-0.2, 0) is 15.9 Å². The Hall–Kier alpha value is -4.19. The Balaban J connectivity index is 1.81. The van der Waals surface area contributed by atoms with E-state index in [0.717, 1.165) is 46.3 Å². The number of methoxy groups -OCH3 is 1. The third kappa shape index (κ3) is 4.99. The predicted molar refractivity (Wildman–Crippen MR) is 139 cm³/mol. The Morgan fingerprint density at radius 2 is 1.84 bits per heavy atom. The van der Waals surface area contributed by atoms with Crippen LogP contribution in [0.2, 0.25) is 0 Å². The van der Waals surface area contributed by atoms with Gasteiger partial charge in [-0.05, 0) is 78.9 Å². The first-order valence-electron chi connectivity index (χ1n) is 12.4. The van der Waals surface area contributed by atoms with E-state index in [2.05, 4.69) is 10.6 Å². The Labute approximate surface area is 219 Å². The zero-order chi connectivity index (χ0) is 26.6. The normalized spacial score (nSPS) is 13.9. The van der Waals surface area contributed by atoms with Crippen LogP contribution in [0.5, 0.6) is 5.75 Å². The number of nitrogens with zero attached hydrogens (tertiary/aromatic N) is 2. The van der Waals surface area contributed by atoms with Crippen molar-refractivity contribution in [1.29, 1.82) is 5.26 Å². The van der Waals surface area contributed by atoms with E-state index in [1.165, 1.54) is 19.2 Å². The van der Waals surface area contributed by atoms with Crippen molar-refractivity contribution in [2.24, 2.45) is 0 Å². The van der Waals surface area contributed by atoms with Gasteiger partial charge in [0.25, 0.3) is 0 Å². The fourth-order valence-corrected chi connectivity index (χ4v) is 5.19. The molecule has 1 saturated heterocycles. The lowest BCUT2D eigenvalue weighted by atomic mass is 9.90. The molecule has 0 unspecified atom stereocenters. The summed E-state index contributed by atoms with van der Waals surface area (Å²) >= 11 is 0. The van der Waals surface area contributed by atoms with Crippen molar-refractivity contribution in [2.75, 3.05) is 27.1 Å². The number of halogens is 1. The minimum Gasteiger partial charge on any atom is -0.478 e. The molecule has 5 rings (SSSR count). The molecular weight excluding hydrogens is 487 g/mol. The maximum Gasteiger partial charge on any atom is 0.335 e. The van der Waals surface area contributed by atoms with Crippen molar-refractivity contribution >= 4 is 16.9 Å². The highest BCUT2D eigenvalue weighted by atomic mass is 19.1. The first-order chi connectivity index (χ1) is 18.5. The van der Waals surface area contributed by atoms with Gasteiger partial charge in [0, 0.05) is 43.0 Å². The number of hydrogen-bond acceptors (Lipinski definition) is 5. The van der Waals surface area contributed by atoms with Gasteiger partial charge in [0.15, 0.2) is 6.79 Å². The van der Waals surface area contributed by atoms with Crippen molar-refractivity contribution in [3.8, 4) is 17.5 Å². The lowest BCUT2D eigenvalue weighted by molar-refractivity contribution is 0.0522. The first kappa shape index (κ1) is 25.5. The van der Waals surface area contributed by atoms with E-state index in [1.807, 2.05) is 18.2 Å². The fraction of sp³-hybridized carbons (Fsp3) is 0.267. The second-order valence-electron chi connectivity index (χ2n) is 9.27. The molecule has 194 valence electrons. The van der Waals surface area contributed by atoms with Gasteiger partial charge in [0.1, 0.15) is 11.6 Å². The van der Waals surface area contributed by atoms with Gasteiger partial charge in [0.05, 0.1) is 22.7 Å². The van der Waals surface area contributed by atoms with Gasteiger partial charge in [-0.3, -0.25) is 0 Å². The number of ether oxygens (including phenoxy) is 3. The van der Waals surface area contributed by atoms with E-state index in [-0.39, 0.29) is 24.1 Å². The number of carboxylic acids is 1. The summed E-state index contributed by atoms with van der Waals surface area (Å²) in [4.78, 5) is 11.4. The van der Waals surface area contributed by atoms with Gasteiger partial charge >= 0.3 is 5.97 Å². The van der Waals surface area contributed by atoms with Gasteiger partial charge in [-0.2, -0.15) is 5.26 Å². The summed E-state index contributed by atoms with van der Waals surface area (Å²) in [5.74, 6) is -0.646. The summed E-state index contributed by atoms with van der Waals surface area (Å²) in [6.45, 7) is 1.25. The van der Waals surface area contributed by atoms with Crippen LogP contribution in [-0.4, -0.2) is 42.8 Å². The molecule has 0 radical (unpaired) electrons. The molecule has 1 aliphatic rings. The number of fused-ring (bicyclic) bond motifs is 1. The second-order valence-corrected chi connectivity index (χ2v) is 9.27. The molecular formula is C30H27FN2O5. The first-order valence-corrected chi connectivity index (χ1v) is 12.4. The average Bonchev–Trinajstić information content (AvgIpc) is 3.26. The molecule has 1 fully saturated rings.